The molecule has 6 nitrogen and oxygen atoms in total. The first kappa shape index (κ1) is 15.9. The number of nitrogens with one attached hydrogen (secondary N) is 1. The minimum absolute atomic E-state index is 0.0468. The fraction of sp³-hybridized carbons (Fsp3) is 0.375. The molecule has 0 bridgehead atoms. The van der Waals surface area contributed by atoms with Gasteiger partial charge in [0.1, 0.15) is 5.70 Å². The lowest BCUT2D eigenvalue weighted by molar-refractivity contribution is -0.122. The second kappa shape index (κ2) is 6.51. The molecule has 0 atom stereocenters. The largest absolute Gasteiger partial charge is 0.493 e. The highest BCUT2D eigenvalue weighted by Crippen LogP contribution is 2.33. The van der Waals surface area contributed by atoms with Crippen molar-refractivity contribution in [2.75, 3.05) is 13.7 Å². The van der Waals surface area contributed by atoms with Gasteiger partial charge in [-0.05, 0) is 32.9 Å². The van der Waals surface area contributed by atoms with Gasteiger partial charge in [-0.2, -0.15) is 0 Å². The monoisotopic (exact) mass is 304 g/mol. The normalized spacial score (nSPS) is 16.4. The molecule has 1 fully saturated rings. The van der Waals surface area contributed by atoms with Gasteiger partial charge in [-0.25, -0.2) is 4.79 Å². The molecule has 1 aliphatic heterocycles. The second-order valence-electron chi connectivity index (χ2n) is 5.08. The van der Waals surface area contributed by atoms with Crippen molar-refractivity contribution in [3.05, 3.63) is 29.5 Å². The highest BCUT2D eigenvalue weighted by atomic mass is 16.5. The highest BCUT2D eigenvalue weighted by molar-refractivity contribution is 6.14. The molecule has 22 heavy (non-hydrogen) atoms. The van der Waals surface area contributed by atoms with Gasteiger partial charge in [0.25, 0.3) is 5.91 Å². The number of likely N-dealkylation sites (N-methyl/N-ethyl adjacent to an activating group) is 1. The highest BCUT2D eigenvalue weighted by Gasteiger charge is 2.32. The summed E-state index contributed by atoms with van der Waals surface area (Å²) >= 11 is 0. The van der Waals surface area contributed by atoms with Gasteiger partial charge in [-0.3, -0.25) is 9.69 Å². The SMILES string of the molecule is CCN1C(=O)N/C(=C\c2cccc(OC)c2OC(C)C)C1=O. The van der Waals surface area contributed by atoms with Crippen LogP contribution in [0.4, 0.5) is 4.79 Å². The van der Waals surface area contributed by atoms with Gasteiger partial charge in [0.15, 0.2) is 11.5 Å². The topological polar surface area (TPSA) is 67.9 Å². The van der Waals surface area contributed by atoms with E-state index >= 15 is 0 Å². The first-order valence-electron chi connectivity index (χ1n) is 7.16. The molecule has 0 radical (unpaired) electrons. The minimum Gasteiger partial charge on any atom is -0.493 e. The lowest BCUT2D eigenvalue weighted by Crippen LogP contribution is -2.30. The van der Waals surface area contributed by atoms with Crippen LogP contribution in [-0.2, 0) is 4.79 Å². The molecule has 1 aliphatic rings. The molecule has 0 spiro atoms. The number of carbonyl (C=O) groups excluding carboxylic acids is 2. The molecule has 0 saturated carbocycles. The third kappa shape index (κ3) is 3.05. The van der Waals surface area contributed by atoms with Crippen molar-refractivity contribution in [3.63, 3.8) is 0 Å². The van der Waals surface area contributed by atoms with E-state index in [2.05, 4.69) is 5.32 Å². The van der Waals surface area contributed by atoms with Crippen molar-refractivity contribution in [3.8, 4) is 11.5 Å². The summed E-state index contributed by atoms with van der Waals surface area (Å²) in [5, 5.41) is 2.57. The Balaban J connectivity index is 2.43. The van der Waals surface area contributed by atoms with Crippen molar-refractivity contribution in [1.29, 1.82) is 0 Å². The number of methoxy groups -OCH3 is 1. The number of imide groups is 1. The zero-order valence-electron chi connectivity index (χ0n) is 13.2. The van der Waals surface area contributed by atoms with Crippen molar-refractivity contribution < 1.29 is 19.1 Å². The molecular weight excluding hydrogens is 284 g/mol. The van der Waals surface area contributed by atoms with Crippen LogP contribution in [0.3, 0.4) is 0 Å². The smallest absolute Gasteiger partial charge is 0.328 e. The number of hydrogen-bond acceptors (Lipinski definition) is 4. The third-order valence-electron chi connectivity index (χ3n) is 3.16. The number of para-hydroxylation sites is 1. The standard InChI is InChI=1S/C16H20N2O4/c1-5-18-15(19)12(17-16(18)20)9-11-7-6-8-13(21-4)14(11)22-10(2)3/h6-10H,5H2,1-4H3,(H,17,20)/b12-9-. The second-order valence-corrected chi connectivity index (χ2v) is 5.08. The summed E-state index contributed by atoms with van der Waals surface area (Å²) in [5.74, 6) is 0.780. The average molecular weight is 304 g/mol. The molecule has 118 valence electrons. The molecule has 6 heteroatoms. The molecule has 1 aromatic rings. The maximum Gasteiger partial charge on any atom is 0.328 e. The molecule has 1 saturated heterocycles. The van der Waals surface area contributed by atoms with Crippen LogP contribution in [0.5, 0.6) is 11.5 Å². The Morgan fingerprint density at radius 3 is 2.59 bits per heavy atom. The molecular formula is C16H20N2O4. The quantitative estimate of drug-likeness (QED) is 0.670. The van der Waals surface area contributed by atoms with Crippen LogP contribution in [0.1, 0.15) is 26.3 Å². The third-order valence-corrected chi connectivity index (χ3v) is 3.16. The Morgan fingerprint density at radius 2 is 2.05 bits per heavy atom. The molecule has 3 amide bonds. The lowest BCUT2D eigenvalue weighted by atomic mass is 10.1. The number of benzene rings is 1. The number of ether oxygens (including phenoxy) is 2. The summed E-state index contributed by atoms with van der Waals surface area (Å²) in [4.78, 5) is 25.0. The Kier molecular flexibility index (Phi) is 4.70. The van der Waals surface area contributed by atoms with E-state index < -0.39 is 6.03 Å². The van der Waals surface area contributed by atoms with Gasteiger partial charge in [-0.1, -0.05) is 12.1 Å². The Hall–Kier alpha value is -2.50. The average Bonchev–Trinajstić information content (AvgIpc) is 2.74. The van der Waals surface area contributed by atoms with Crippen LogP contribution in [-0.4, -0.2) is 36.6 Å². The van der Waals surface area contributed by atoms with E-state index in [-0.39, 0.29) is 17.7 Å². The molecule has 1 N–H and O–H groups in total. The molecule has 1 aromatic carbocycles. The maximum absolute atomic E-state index is 12.1. The van der Waals surface area contributed by atoms with E-state index in [1.807, 2.05) is 13.8 Å². The number of urea groups is 1. The predicted molar refractivity (Wildman–Crippen MR) is 82.7 cm³/mol. The number of carbonyl (C=O) groups is 2. The van der Waals surface area contributed by atoms with Crippen LogP contribution < -0.4 is 14.8 Å². The number of hydrogen-bond donors (Lipinski definition) is 1. The summed E-state index contributed by atoms with van der Waals surface area (Å²) in [6, 6.07) is 4.99. The van der Waals surface area contributed by atoms with E-state index in [1.165, 1.54) is 0 Å². The van der Waals surface area contributed by atoms with E-state index in [4.69, 9.17) is 9.47 Å². The maximum atomic E-state index is 12.1. The van der Waals surface area contributed by atoms with Gasteiger partial charge in [0.2, 0.25) is 0 Å². The van der Waals surface area contributed by atoms with Crippen LogP contribution in [0.25, 0.3) is 6.08 Å². The van der Waals surface area contributed by atoms with Crippen LogP contribution >= 0.6 is 0 Å². The zero-order valence-corrected chi connectivity index (χ0v) is 13.2. The van der Waals surface area contributed by atoms with E-state index in [1.54, 1.807) is 38.3 Å². The van der Waals surface area contributed by atoms with Crippen molar-refractivity contribution >= 4 is 18.0 Å². The summed E-state index contributed by atoms with van der Waals surface area (Å²) in [5.41, 5.74) is 0.906. The van der Waals surface area contributed by atoms with Crippen molar-refractivity contribution in [2.45, 2.75) is 26.9 Å². The fourth-order valence-electron chi connectivity index (χ4n) is 2.18. The predicted octanol–water partition coefficient (Wildman–Crippen LogP) is 2.40. The first-order valence-corrected chi connectivity index (χ1v) is 7.16. The van der Waals surface area contributed by atoms with E-state index in [0.717, 1.165) is 4.90 Å². The molecule has 2 rings (SSSR count). The van der Waals surface area contributed by atoms with Crippen molar-refractivity contribution in [1.82, 2.24) is 10.2 Å². The van der Waals surface area contributed by atoms with E-state index in [9.17, 15) is 9.59 Å². The van der Waals surface area contributed by atoms with E-state index in [0.29, 0.717) is 23.6 Å². The number of amides is 3. The summed E-state index contributed by atoms with van der Waals surface area (Å²) in [6.45, 7) is 5.89. The lowest BCUT2D eigenvalue weighted by Gasteiger charge is -2.16. The summed E-state index contributed by atoms with van der Waals surface area (Å²) in [7, 11) is 1.56. The Labute approximate surface area is 129 Å². The first-order chi connectivity index (χ1) is 10.5. The fourth-order valence-corrected chi connectivity index (χ4v) is 2.18. The van der Waals surface area contributed by atoms with Crippen LogP contribution in [0.15, 0.2) is 23.9 Å². The molecule has 0 unspecified atom stereocenters. The van der Waals surface area contributed by atoms with Gasteiger partial charge in [0, 0.05) is 12.1 Å². The van der Waals surface area contributed by atoms with Gasteiger partial charge < -0.3 is 14.8 Å². The molecule has 0 aromatic heterocycles. The van der Waals surface area contributed by atoms with Crippen molar-refractivity contribution in [2.24, 2.45) is 0 Å². The van der Waals surface area contributed by atoms with Gasteiger partial charge in [-0.15, -0.1) is 0 Å². The summed E-state index contributed by atoms with van der Waals surface area (Å²) in [6.07, 6.45) is 1.56. The number of rotatable bonds is 5. The van der Waals surface area contributed by atoms with Gasteiger partial charge in [0.05, 0.1) is 13.2 Å². The number of nitrogens with zero attached hydrogens (tertiary/aromatic N) is 1. The molecule has 1 heterocycles. The molecule has 0 aliphatic carbocycles. The Bertz CT molecular complexity index is 623. The van der Waals surface area contributed by atoms with Crippen LogP contribution in [0.2, 0.25) is 0 Å². The van der Waals surface area contributed by atoms with Crippen LogP contribution in [0, 0.1) is 0 Å². The Morgan fingerprint density at radius 1 is 1.32 bits per heavy atom. The summed E-state index contributed by atoms with van der Waals surface area (Å²) < 4.78 is 11.1. The minimum atomic E-state index is -0.409. The zero-order chi connectivity index (χ0) is 16.3. The van der Waals surface area contributed by atoms with Gasteiger partial charge >= 0.3 is 6.03 Å².